The number of aliphatic carboxylic acids is 1. The molecule has 0 aliphatic carbocycles. The largest absolute Gasteiger partial charge is 0.481 e. The Balaban J connectivity index is 1.74. The second-order valence-electron chi connectivity index (χ2n) is 12.4. The van der Waals surface area contributed by atoms with E-state index in [1.807, 2.05) is 30.3 Å². The topological polar surface area (TPSA) is 37.3 Å². The predicted molar refractivity (Wildman–Crippen MR) is 172 cm³/mol. The number of carboxylic acid groups (broad SMARTS) is 1. The molecule has 0 bridgehead atoms. The Bertz CT molecular complexity index is 626. The molecule has 0 aliphatic heterocycles. The molecule has 1 atom stereocenters. The van der Waals surface area contributed by atoms with Crippen LogP contribution in [0.3, 0.4) is 0 Å². The van der Waals surface area contributed by atoms with Crippen LogP contribution in [-0.2, 0) is 11.2 Å². The van der Waals surface area contributed by atoms with Crippen molar-refractivity contribution in [2.75, 3.05) is 0 Å². The van der Waals surface area contributed by atoms with Crippen molar-refractivity contribution in [3.63, 3.8) is 0 Å². The third-order valence-corrected chi connectivity index (χ3v) is 8.58. The first-order valence-electron chi connectivity index (χ1n) is 17.5. The molecule has 1 aromatic rings. The fourth-order valence-corrected chi connectivity index (χ4v) is 5.92. The van der Waals surface area contributed by atoms with Gasteiger partial charge in [0.15, 0.2) is 0 Å². The molecule has 226 valence electrons. The van der Waals surface area contributed by atoms with Crippen molar-refractivity contribution < 1.29 is 9.90 Å². The van der Waals surface area contributed by atoms with Gasteiger partial charge in [0.2, 0.25) is 0 Å². The molecule has 2 nitrogen and oxygen atoms in total. The van der Waals surface area contributed by atoms with E-state index in [2.05, 4.69) is 6.92 Å². The smallest absolute Gasteiger partial charge is 0.306 e. The number of unbranched alkanes of at least 4 members (excludes halogenated alkanes) is 25. The normalized spacial score (nSPS) is 12.1. The average Bonchev–Trinajstić information content (AvgIpc) is 2.94. The lowest BCUT2D eigenvalue weighted by molar-refractivity contribution is -0.142. The maximum Gasteiger partial charge on any atom is 0.306 e. The molecular formula is C37H66O2. The van der Waals surface area contributed by atoms with Gasteiger partial charge in [0.1, 0.15) is 0 Å². The number of hydrogen-bond acceptors (Lipinski definition) is 1. The lowest BCUT2D eigenvalue weighted by atomic mass is 9.93. The van der Waals surface area contributed by atoms with Gasteiger partial charge in [0.25, 0.3) is 0 Å². The van der Waals surface area contributed by atoms with E-state index in [0.717, 1.165) is 18.4 Å². The van der Waals surface area contributed by atoms with Crippen molar-refractivity contribution in [1.29, 1.82) is 0 Å². The fraction of sp³-hybridized carbons (Fsp3) is 0.811. The maximum absolute atomic E-state index is 11.6. The van der Waals surface area contributed by atoms with Crippen LogP contribution in [0.5, 0.6) is 0 Å². The second kappa shape index (κ2) is 28.2. The molecule has 0 spiro atoms. The molecule has 0 heterocycles. The summed E-state index contributed by atoms with van der Waals surface area (Å²) in [6, 6.07) is 10.1. The van der Waals surface area contributed by atoms with Crippen molar-refractivity contribution >= 4 is 5.97 Å². The number of hydrogen-bond donors (Lipinski definition) is 1. The highest BCUT2D eigenvalue weighted by Gasteiger charge is 2.17. The molecular weight excluding hydrogens is 476 g/mol. The molecule has 1 rings (SSSR count). The van der Waals surface area contributed by atoms with Gasteiger partial charge >= 0.3 is 5.97 Å². The van der Waals surface area contributed by atoms with Gasteiger partial charge in [-0.25, -0.2) is 0 Å². The molecule has 39 heavy (non-hydrogen) atoms. The third-order valence-electron chi connectivity index (χ3n) is 8.58. The molecule has 0 radical (unpaired) electrons. The van der Waals surface area contributed by atoms with E-state index in [-0.39, 0.29) is 5.92 Å². The highest BCUT2D eigenvalue weighted by Crippen LogP contribution is 2.19. The van der Waals surface area contributed by atoms with Gasteiger partial charge < -0.3 is 5.11 Å². The lowest BCUT2D eigenvalue weighted by Crippen LogP contribution is -2.16. The highest BCUT2D eigenvalue weighted by molar-refractivity contribution is 5.70. The Morgan fingerprint density at radius 1 is 0.513 bits per heavy atom. The summed E-state index contributed by atoms with van der Waals surface area (Å²) in [6.07, 6.45) is 37.9. The Labute approximate surface area is 244 Å². The zero-order valence-corrected chi connectivity index (χ0v) is 26.1. The van der Waals surface area contributed by atoms with Crippen LogP contribution in [0.25, 0.3) is 0 Å². The van der Waals surface area contributed by atoms with E-state index < -0.39 is 5.97 Å². The van der Waals surface area contributed by atoms with Crippen molar-refractivity contribution in [3.8, 4) is 0 Å². The Morgan fingerprint density at radius 3 is 1.13 bits per heavy atom. The Kier molecular flexibility index (Phi) is 25.9. The summed E-state index contributed by atoms with van der Waals surface area (Å²) in [4.78, 5) is 11.6. The van der Waals surface area contributed by atoms with Crippen LogP contribution in [0.2, 0.25) is 0 Å². The van der Waals surface area contributed by atoms with Crippen molar-refractivity contribution in [3.05, 3.63) is 35.9 Å². The van der Waals surface area contributed by atoms with Crippen LogP contribution >= 0.6 is 0 Å². The van der Waals surface area contributed by atoms with E-state index in [9.17, 15) is 9.90 Å². The zero-order chi connectivity index (χ0) is 28.1. The van der Waals surface area contributed by atoms with Gasteiger partial charge in [-0.05, 0) is 18.4 Å². The summed E-state index contributed by atoms with van der Waals surface area (Å²) in [5.74, 6) is -0.875. The molecule has 0 fully saturated rings. The minimum absolute atomic E-state index is 0.234. The predicted octanol–water partition coefficient (Wildman–Crippen LogP) is 12.5. The van der Waals surface area contributed by atoms with Gasteiger partial charge in [-0.3, -0.25) is 4.79 Å². The molecule has 2 heteroatoms. The summed E-state index contributed by atoms with van der Waals surface area (Å²) in [5, 5.41) is 9.53. The lowest BCUT2D eigenvalue weighted by Gasteiger charge is -2.12. The molecule has 0 saturated carbocycles. The molecule has 1 N–H and O–H groups in total. The third kappa shape index (κ3) is 24.2. The van der Waals surface area contributed by atoms with Gasteiger partial charge in [0, 0.05) is 0 Å². The SMILES string of the molecule is CCCCCCCCCCCCCCCCCCCCCCCCCCCCC(Cc1ccccc1)C(=O)O. The summed E-state index contributed by atoms with van der Waals surface area (Å²) in [7, 11) is 0. The van der Waals surface area contributed by atoms with E-state index in [0.29, 0.717) is 6.42 Å². The zero-order valence-electron chi connectivity index (χ0n) is 26.1. The minimum atomic E-state index is -0.640. The quantitative estimate of drug-likeness (QED) is 0.0981. The first kappa shape index (κ1) is 35.7. The summed E-state index contributed by atoms with van der Waals surface area (Å²) in [5.41, 5.74) is 1.14. The van der Waals surface area contributed by atoms with E-state index in [1.54, 1.807) is 0 Å². The highest BCUT2D eigenvalue weighted by atomic mass is 16.4. The molecule has 0 amide bonds. The van der Waals surface area contributed by atoms with E-state index in [4.69, 9.17) is 0 Å². The minimum Gasteiger partial charge on any atom is -0.481 e. The van der Waals surface area contributed by atoms with Crippen LogP contribution in [0.1, 0.15) is 186 Å². The Morgan fingerprint density at radius 2 is 0.821 bits per heavy atom. The van der Waals surface area contributed by atoms with Crippen molar-refractivity contribution in [2.45, 2.75) is 187 Å². The van der Waals surface area contributed by atoms with Crippen molar-refractivity contribution in [2.24, 2.45) is 5.92 Å². The summed E-state index contributed by atoms with van der Waals surface area (Å²) >= 11 is 0. The van der Waals surface area contributed by atoms with Gasteiger partial charge in [0.05, 0.1) is 5.92 Å². The average molecular weight is 543 g/mol. The fourth-order valence-electron chi connectivity index (χ4n) is 5.92. The van der Waals surface area contributed by atoms with Gasteiger partial charge in [-0.1, -0.05) is 204 Å². The molecule has 0 saturated heterocycles. The molecule has 1 unspecified atom stereocenters. The van der Waals surface area contributed by atoms with E-state index in [1.165, 1.54) is 161 Å². The number of rotatable bonds is 30. The molecule has 0 aliphatic rings. The van der Waals surface area contributed by atoms with Crippen molar-refractivity contribution in [1.82, 2.24) is 0 Å². The number of carbonyl (C=O) groups is 1. The molecule has 1 aromatic carbocycles. The maximum atomic E-state index is 11.6. The van der Waals surface area contributed by atoms with Crippen LogP contribution < -0.4 is 0 Å². The second-order valence-corrected chi connectivity index (χ2v) is 12.4. The van der Waals surface area contributed by atoms with Crippen LogP contribution in [0.4, 0.5) is 0 Å². The van der Waals surface area contributed by atoms with Crippen LogP contribution in [0.15, 0.2) is 30.3 Å². The van der Waals surface area contributed by atoms with Crippen LogP contribution in [-0.4, -0.2) is 11.1 Å². The summed E-state index contributed by atoms with van der Waals surface area (Å²) in [6.45, 7) is 2.30. The van der Waals surface area contributed by atoms with E-state index >= 15 is 0 Å². The first-order chi connectivity index (χ1) is 19.2. The van der Waals surface area contributed by atoms with Crippen LogP contribution in [0, 0.1) is 5.92 Å². The molecule has 0 aromatic heterocycles. The Hall–Kier alpha value is -1.31. The monoisotopic (exact) mass is 543 g/mol. The number of benzene rings is 1. The van der Waals surface area contributed by atoms with Gasteiger partial charge in [-0.15, -0.1) is 0 Å². The first-order valence-corrected chi connectivity index (χ1v) is 17.5. The number of carboxylic acids is 1. The summed E-state index contributed by atoms with van der Waals surface area (Å²) < 4.78 is 0. The standard InChI is InChI=1S/C37H66O2/c1-2-3-4-5-6-7-8-9-10-11-12-13-14-15-16-17-18-19-20-21-22-23-24-25-26-30-33-36(37(38)39)34-35-31-28-27-29-32-35/h27-29,31-32,36H,2-26,30,33-34H2,1H3,(H,38,39). The van der Waals surface area contributed by atoms with Gasteiger partial charge in [-0.2, -0.15) is 0 Å².